The van der Waals surface area contributed by atoms with Crippen LogP contribution in [-0.2, 0) is 16.0 Å². The number of benzene rings is 2. The van der Waals surface area contributed by atoms with Gasteiger partial charge in [-0.25, -0.2) is 19.3 Å². The highest BCUT2D eigenvalue weighted by atomic mass is 19.1. The molecule has 0 spiro atoms. The summed E-state index contributed by atoms with van der Waals surface area (Å²) in [6.07, 6.45) is 0.949. The number of ether oxygens (including phenoxy) is 2. The third-order valence-corrected chi connectivity index (χ3v) is 5.82. The van der Waals surface area contributed by atoms with Crippen molar-refractivity contribution in [2.24, 2.45) is 5.41 Å². The number of nitrogens with zero attached hydrogens (tertiary/aromatic N) is 3. The number of aromatic nitrogens is 4. The number of aliphatic hydroxyl groups is 1. The molecule has 3 N–H and O–H groups in total. The van der Waals surface area contributed by atoms with Gasteiger partial charge in [0.1, 0.15) is 5.82 Å². The largest absolute Gasteiger partial charge is 0.396 e. The first-order valence-electron chi connectivity index (χ1n) is 11.3. The Morgan fingerprint density at radius 2 is 1.80 bits per heavy atom. The number of anilines is 1. The van der Waals surface area contributed by atoms with E-state index in [1.807, 2.05) is 37.3 Å². The van der Waals surface area contributed by atoms with Crippen LogP contribution in [0.3, 0.4) is 0 Å². The van der Waals surface area contributed by atoms with Crippen molar-refractivity contribution < 1.29 is 19.0 Å². The molecule has 3 heterocycles. The Morgan fingerprint density at radius 1 is 1.06 bits per heavy atom. The van der Waals surface area contributed by atoms with E-state index < -0.39 is 11.7 Å². The van der Waals surface area contributed by atoms with E-state index in [4.69, 9.17) is 14.5 Å². The van der Waals surface area contributed by atoms with Crippen molar-refractivity contribution in [2.45, 2.75) is 19.8 Å². The number of rotatable bonds is 7. The van der Waals surface area contributed by atoms with Crippen LogP contribution in [0.1, 0.15) is 24.6 Å². The quantitative estimate of drug-likeness (QED) is 0.365. The molecule has 4 aromatic rings. The van der Waals surface area contributed by atoms with Crippen LogP contribution < -0.4 is 5.32 Å². The fraction of sp³-hybridized carbons (Fsp3) is 0.269. The van der Waals surface area contributed by atoms with Crippen LogP contribution in [0.25, 0.3) is 22.6 Å². The van der Waals surface area contributed by atoms with Crippen molar-refractivity contribution in [1.29, 1.82) is 0 Å². The van der Waals surface area contributed by atoms with Crippen LogP contribution in [-0.4, -0.2) is 44.9 Å². The Morgan fingerprint density at radius 3 is 2.51 bits per heavy atom. The number of halogens is 1. The Hall–Kier alpha value is -3.66. The first kappa shape index (κ1) is 23.1. The van der Waals surface area contributed by atoms with Gasteiger partial charge in [0, 0.05) is 23.7 Å². The molecule has 0 radical (unpaired) electrons. The van der Waals surface area contributed by atoms with Crippen LogP contribution in [0.4, 0.5) is 10.3 Å². The van der Waals surface area contributed by atoms with Crippen LogP contribution in [0.2, 0.25) is 0 Å². The molecular weight excluding hydrogens is 449 g/mol. The third kappa shape index (κ3) is 5.22. The maximum absolute atomic E-state index is 13.6. The fourth-order valence-electron chi connectivity index (χ4n) is 3.76. The van der Waals surface area contributed by atoms with Crippen molar-refractivity contribution in [3.63, 3.8) is 0 Å². The zero-order valence-electron chi connectivity index (χ0n) is 19.2. The molecule has 0 unspecified atom stereocenters. The van der Waals surface area contributed by atoms with E-state index in [9.17, 15) is 9.50 Å². The molecule has 8 nitrogen and oxygen atoms in total. The van der Waals surface area contributed by atoms with Gasteiger partial charge >= 0.3 is 0 Å². The summed E-state index contributed by atoms with van der Waals surface area (Å²) in [6, 6.07) is 17.9. The van der Waals surface area contributed by atoms with Gasteiger partial charge in [-0.15, -0.1) is 0 Å². The van der Waals surface area contributed by atoms with Crippen LogP contribution >= 0.6 is 0 Å². The molecule has 0 bridgehead atoms. The van der Waals surface area contributed by atoms with Crippen molar-refractivity contribution >= 4 is 5.95 Å². The number of hydrogen-bond acceptors (Lipinski definition) is 7. The molecule has 2 aromatic heterocycles. The highest BCUT2D eigenvalue weighted by Crippen LogP contribution is 2.35. The molecule has 2 aromatic carbocycles. The van der Waals surface area contributed by atoms with E-state index in [0.717, 1.165) is 11.1 Å². The Kier molecular flexibility index (Phi) is 6.54. The highest BCUT2D eigenvalue weighted by molar-refractivity contribution is 5.77. The van der Waals surface area contributed by atoms with Crippen molar-refractivity contribution in [1.82, 2.24) is 19.9 Å². The summed E-state index contributed by atoms with van der Waals surface area (Å²) >= 11 is 0. The van der Waals surface area contributed by atoms with Crippen molar-refractivity contribution in [3.8, 4) is 22.6 Å². The molecule has 0 atom stereocenters. The molecule has 0 saturated carbocycles. The number of hydrogen-bond donors (Lipinski definition) is 3. The lowest BCUT2D eigenvalue weighted by Gasteiger charge is -2.35. The van der Waals surface area contributed by atoms with Gasteiger partial charge in [-0.1, -0.05) is 37.3 Å². The SMILES string of the molecule is CC1(CO)COC(c2nc(-c3ccc(F)cc3)c(-c3ccnc(NCc4ccccc4)n3)[nH]2)OC1. The minimum atomic E-state index is -0.722. The lowest BCUT2D eigenvalue weighted by Crippen LogP contribution is -2.39. The van der Waals surface area contributed by atoms with Gasteiger partial charge in [-0.3, -0.25) is 0 Å². The zero-order chi connectivity index (χ0) is 24.3. The average molecular weight is 476 g/mol. The van der Waals surface area contributed by atoms with E-state index in [2.05, 4.69) is 20.3 Å². The monoisotopic (exact) mass is 475 g/mol. The molecule has 9 heteroatoms. The lowest BCUT2D eigenvalue weighted by atomic mass is 9.94. The maximum Gasteiger partial charge on any atom is 0.223 e. The third-order valence-electron chi connectivity index (χ3n) is 5.82. The van der Waals surface area contributed by atoms with Crippen LogP contribution in [0, 0.1) is 11.2 Å². The van der Waals surface area contributed by atoms with Gasteiger partial charge in [0.15, 0.2) is 5.82 Å². The molecule has 5 rings (SSSR count). The smallest absolute Gasteiger partial charge is 0.223 e. The minimum Gasteiger partial charge on any atom is -0.396 e. The predicted octanol–water partition coefficient (Wildman–Crippen LogP) is 4.33. The van der Waals surface area contributed by atoms with Gasteiger partial charge in [0.25, 0.3) is 0 Å². The Balaban J connectivity index is 1.46. The summed E-state index contributed by atoms with van der Waals surface area (Å²) in [4.78, 5) is 17.0. The summed E-state index contributed by atoms with van der Waals surface area (Å²) < 4.78 is 25.3. The summed E-state index contributed by atoms with van der Waals surface area (Å²) in [6.45, 7) is 3.10. The number of nitrogens with one attached hydrogen (secondary N) is 2. The van der Waals surface area contributed by atoms with Crippen molar-refractivity contribution in [3.05, 3.63) is 84.1 Å². The normalized spacial score (nSPS) is 20.0. The van der Waals surface area contributed by atoms with E-state index in [0.29, 0.717) is 48.6 Å². The summed E-state index contributed by atoms with van der Waals surface area (Å²) in [5.41, 5.74) is 3.22. The second-order valence-corrected chi connectivity index (χ2v) is 8.88. The van der Waals surface area contributed by atoms with Gasteiger partial charge in [0.2, 0.25) is 12.2 Å². The summed E-state index contributed by atoms with van der Waals surface area (Å²) in [5, 5.41) is 12.8. The molecule has 1 saturated heterocycles. The maximum atomic E-state index is 13.6. The van der Waals surface area contributed by atoms with Gasteiger partial charge in [0.05, 0.1) is 36.9 Å². The molecule has 1 aliphatic heterocycles. The molecular formula is C26H26FN5O3. The summed E-state index contributed by atoms with van der Waals surface area (Å²) in [5.74, 6) is 0.607. The predicted molar refractivity (Wildman–Crippen MR) is 129 cm³/mol. The van der Waals surface area contributed by atoms with Gasteiger partial charge in [-0.05, 0) is 35.9 Å². The molecule has 1 fully saturated rings. The van der Waals surface area contributed by atoms with Gasteiger partial charge < -0.3 is 24.9 Å². The van der Waals surface area contributed by atoms with Gasteiger partial charge in [-0.2, -0.15) is 0 Å². The van der Waals surface area contributed by atoms with E-state index in [-0.39, 0.29) is 12.4 Å². The van der Waals surface area contributed by atoms with E-state index in [1.54, 1.807) is 24.4 Å². The second-order valence-electron chi connectivity index (χ2n) is 8.88. The zero-order valence-corrected chi connectivity index (χ0v) is 19.2. The molecule has 180 valence electrons. The molecule has 35 heavy (non-hydrogen) atoms. The topological polar surface area (TPSA) is 105 Å². The summed E-state index contributed by atoms with van der Waals surface area (Å²) in [7, 11) is 0. The van der Waals surface area contributed by atoms with Crippen LogP contribution in [0.5, 0.6) is 0 Å². The number of aromatic amines is 1. The minimum absolute atomic E-state index is 0.0380. The fourth-order valence-corrected chi connectivity index (χ4v) is 3.76. The molecule has 1 aliphatic rings. The number of imidazole rings is 1. The Bertz CT molecular complexity index is 1270. The molecule has 0 aliphatic carbocycles. The highest BCUT2D eigenvalue weighted by Gasteiger charge is 2.34. The lowest BCUT2D eigenvalue weighted by molar-refractivity contribution is -0.239. The Labute approximate surface area is 202 Å². The second kappa shape index (κ2) is 9.91. The first-order chi connectivity index (χ1) is 17.0. The van der Waals surface area contributed by atoms with Crippen LogP contribution in [0.15, 0.2) is 66.9 Å². The van der Waals surface area contributed by atoms with E-state index in [1.165, 1.54) is 12.1 Å². The first-order valence-corrected chi connectivity index (χ1v) is 11.3. The standard InChI is InChI=1S/C26H26FN5O3/c1-26(14-33)15-34-24(35-16-26)23-31-21(18-7-9-19(27)10-8-18)22(32-23)20-11-12-28-25(30-20)29-13-17-5-3-2-4-6-17/h2-12,24,33H,13-16H2,1H3,(H,31,32)(H,28,29,30). The number of aliphatic hydroxyl groups excluding tert-OH is 1. The molecule has 0 amide bonds. The van der Waals surface area contributed by atoms with Crippen molar-refractivity contribution in [2.75, 3.05) is 25.1 Å². The number of H-pyrrole nitrogens is 1. The average Bonchev–Trinajstić information content (AvgIpc) is 3.35. The van der Waals surface area contributed by atoms with E-state index >= 15 is 0 Å².